The predicted octanol–water partition coefficient (Wildman–Crippen LogP) is 3.76. The van der Waals surface area contributed by atoms with Gasteiger partial charge in [0.15, 0.2) is 0 Å². The first-order valence-corrected chi connectivity index (χ1v) is 8.06. The molecule has 2 aromatic rings. The van der Waals surface area contributed by atoms with Crippen molar-refractivity contribution in [2.75, 3.05) is 11.9 Å². The van der Waals surface area contributed by atoms with E-state index < -0.39 is 0 Å². The number of nitrogens with zero attached hydrogens (tertiary/aromatic N) is 2. The number of amides is 1. The van der Waals surface area contributed by atoms with Crippen LogP contribution in [0.2, 0.25) is 0 Å². The Hall–Kier alpha value is -2.43. The number of carbonyl (C=O) groups excluding carboxylic acids is 1. The Balaban J connectivity index is 2.03. The van der Waals surface area contributed by atoms with Gasteiger partial charge in [-0.2, -0.15) is 0 Å². The topological polar surface area (TPSA) is 66.9 Å². The number of aromatic nitrogens is 2. The van der Waals surface area contributed by atoms with Gasteiger partial charge in [0.05, 0.1) is 0 Å². The molecule has 0 unspecified atom stereocenters. The number of benzene rings is 1. The monoisotopic (exact) mass is 312 g/mol. The van der Waals surface area contributed by atoms with Crippen LogP contribution in [0.4, 0.5) is 11.6 Å². The Labute approximate surface area is 137 Å². The zero-order valence-electron chi connectivity index (χ0n) is 14.0. The lowest BCUT2D eigenvalue weighted by atomic mass is 10.2. The number of anilines is 2. The molecular formula is C18H24N4O. The van der Waals surface area contributed by atoms with Crippen molar-refractivity contribution in [2.45, 2.75) is 40.0 Å². The Morgan fingerprint density at radius 3 is 2.52 bits per heavy atom. The first-order valence-electron chi connectivity index (χ1n) is 8.06. The lowest BCUT2D eigenvalue weighted by Gasteiger charge is -2.09. The average molecular weight is 312 g/mol. The van der Waals surface area contributed by atoms with E-state index in [9.17, 15) is 4.79 Å². The van der Waals surface area contributed by atoms with E-state index in [4.69, 9.17) is 0 Å². The zero-order valence-corrected chi connectivity index (χ0v) is 14.0. The van der Waals surface area contributed by atoms with Gasteiger partial charge in [-0.15, -0.1) is 0 Å². The van der Waals surface area contributed by atoms with Crippen LogP contribution in [-0.4, -0.2) is 22.4 Å². The molecule has 1 aromatic heterocycles. The third-order valence-electron chi connectivity index (χ3n) is 3.43. The van der Waals surface area contributed by atoms with Crippen molar-refractivity contribution in [1.82, 2.24) is 15.3 Å². The van der Waals surface area contributed by atoms with Crippen LogP contribution in [0, 0.1) is 13.8 Å². The molecule has 2 N–H and O–H groups in total. The molecule has 0 saturated carbocycles. The number of hydrogen-bond acceptors (Lipinski definition) is 4. The molecule has 1 aromatic carbocycles. The average Bonchev–Trinajstić information content (AvgIpc) is 2.50. The molecule has 0 bridgehead atoms. The smallest absolute Gasteiger partial charge is 0.251 e. The summed E-state index contributed by atoms with van der Waals surface area (Å²) in [5.74, 6) is 0.495. The van der Waals surface area contributed by atoms with E-state index in [1.807, 2.05) is 44.2 Å². The summed E-state index contributed by atoms with van der Waals surface area (Å²) in [6.07, 6.45) is 3.29. The fourth-order valence-electron chi connectivity index (χ4n) is 2.33. The maximum atomic E-state index is 12.2. The highest BCUT2D eigenvalue weighted by molar-refractivity contribution is 5.95. The Kier molecular flexibility index (Phi) is 6.09. The molecular weight excluding hydrogens is 288 g/mol. The Morgan fingerprint density at radius 1 is 1.09 bits per heavy atom. The second kappa shape index (κ2) is 8.27. The Morgan fingerprint density at radius 2 is 1.83 bits per heavy atom. The van der Waals surface area contributed by atoms with Gasteiger partial charge in [0.1, 0.15) is 0 Å². The van der Waals surface area contributed by atoms with Crippen LogP contribution >= 0.6 is 0 Å². The highest BCUT2D eigenvalue weighted by Crippen LogP contribution is 2.15. The highest BCUT2D eigenvalue weighted by atomic mass is 16.1. The zero-order chi connectivity index (χ0) is 16.7. The molecule has 1 heterocycles. The number of nitrogens with one attached hydrogen (secondary N) is 2. The fraction of sp³-hybridized carbons (Fsp3) is 0.389. The number of aryl methyl sites for hydroxylation is 2. The second-order valence-electron chi connectivity index (χ2n) is 5.64. The van der Waals surface area contributed by atoms with Crippen molar-refractivity contribution in [3.05, 3.63) is 47.3 Å². The van der Waals surface area contributed by atoms with Crippen molar-refractivity contribution >= 4 is 17.5 Å². The normalized spacial score (nSPS) is 10.4. The molecule has 0 aliphatic rings. The molecule has 5 heteroatoms. The third kappa shape index (κ3) is 5.36. The van der Waals surface area contributed by atoms with Gasteiger partial charge in [-0.1, -0.05) is 25.8 Å². The van der Waals surface area contributed by atoms with Crippen molar-refractivity contribution < 1.29 is 4.79 Å². The molecule has 0 aliphatic heterocycles. The van der Waals surface area contributed by atoms with Gasteiger partial charge in [-0.25, -0.2) is 9.97 Å². The lowest BCUT2D eigenvalue weighted by Crippen LogP contribution is -2.24. The summed E-state index contributed by atoms with van der Waals surface area (Å²) in [7, 11) is 0. The SMILES string of the molecule is CCCCCNC(=O)c1cccc(Nc2nc(C)cc(C)n2)c1. The molecule has 1 amide bonds. The van der Waals surface area contributed by atoms with Crippen LogP contribution in [0.15, 0.2) is 30.3 Å². The first kappa shape index (κ1) is 16.9. The van der Waals surface area contributed by atoms with Gasteiger partial charge in [-0.05, 0) is 44.5 Å². The van der Waals surface area contributed by atoms with E-state index in [0.717, 1.165) is 36.3 Å². The van der Waals surface area contributed by atoms with Crippen LogP contribution in [-0.2, 0) is 0 Å². The fourth-order valence-corrected chi connectivity index (χ4v) is 2.33. The summed E-state index contributed by atoms with van der Waals surface area (Å²) in [5, 5.41) is 6.10. The van der Waals surface area contributed by atoms with Crippen molar-refractivity contribution in [2.24, 2.45) is 0 Å². The van der Waals surface area contributed by atoms with Crippen molar-refractivity contribution in [3.63, 3.8) is 0 Å². The lowest BCUT2D eigenvalue weighted by molar-refractivity contribution is 0.0953. The Bertz CT molecular complexity index is 650. The molecule has 0 atom stereocenters. The molecule has 0 saturated heterocycles. The van der Waals surface area contributed by atoms with Gasteiger partial charge < -0.3 is 10.6 Å². The van der Waals surface area contributed by atoms with E-state index in [2.05, 4.69) is 27.5 Å². The summed E-state index contributed by atoms with van der Waals surface area (Å²) in [4.78, 5) is 20.9. The van der Waals surface area contributed by atoms with E-state index in [1.165, 1.54) is 0 Å². The van der Waals surface area contributed by atoms with Crippen LogP contribution in [0.3, 0.4) is 0 Å². The molecule has 122 valence electrons. The van der Waals surface area contributed by atoms with Crippen molar-refractivity contribution in [3.8, 4) is 0 Å². The minimum absolute atomic E-state index is 0.0499. The summed E-state index contributed by atoms with van der Waals surface area (Å²) in [5.41, 5.74) is 3.25. The highest BCUT2D eigenvalue weighted by Gasteiger charge is 2.07. The second-order valence-corrected chi connectivity index (χ2v) is 5.64. The van der Waals surface area contributed by atoms with Crippen LogP contribution in [0.25, 0.3) is 0 Å². The molecule has 2 rings (SSSR count). The number of rotatable bonds is 7. The number of unbranched alkanes of at least 4 members (excludes halogenated alkanes) is 2. The molecule has 0 aliphatic carbocycles. The van der Waals surface area contributed by atoms with Crippen LogP contribution in [0.5, 0.6) is 0 Å². The van der Waals surface area contributed by atoms with Crippen LogP contribution in [0.1, 0.15) is 47.9 Å². The van der Waals surface area contributed by atoms with Crippen molar-refractivity contribution in [1.29, 1.82) is 0 Å². The molecule has 23 heavy (non-hydrogen) atoms. The molecule has 5 nitrogen and oxygen atoms in total. The first-order chi connectivity index (χ1) is 11.1. The predicted molar refractivity (Wildman–Crippen MR) is 93.1 cm³/mol. The van der Waals surface area contributed by atoms with Gasteiger partial charge in [0, 0.05) is 29.2 Å². The maximum Gasteiger partial charge on any atom is 0.251 e. The van der Waals surface area contributed by atoms with E-state index in [1.54, 1.807) is 0 Å². The van der Waals surface area contributed by atoms with Crippen LogP contribution < -0.4 is 10.6 Å². The van der Waals surface area contributed by atoms with Gasteiger partial charge in [-0.3, -0.25) is 4.79 Å². The summed E-state index contributed by atoms with van der Waals surface area (Å²) in [6, 6.07) is 9.30. The largest absolute Gasteiger partial charge is 0.352 e. The third-order valence-corrected chi connectivity index (χ3v) is 3.43. The van der Waals surface area contributed by atoms with E-state index in [-0.39, 0.29) is 5.91 Å². The quantitative estimate of drug-likeness (QED) is 0.764. The standard InChI is InChI=1S/C18H24N4O/c1-4-5-6-10-19-17(23)15-8-7-9-16(12-15)22-18-20-13(2)11-14(3)21-18/h7-9,11-12H,4-6,10H2,1-3H3,(H,19,23)(H,20,21,22). The van der Waals surface area contributed by atoms with Gasteiger partial charge in [0.25, 0.3) is 5.91 Å². The number of carbonyl (C=O) groups is 1. The molecule has 0 spiro atoms. The van der Waals surface area contributed by atoms with Gasteiger partial charge >= 0.3 is 0 Å². The number of hydrogen-bond donors (Lipinski definition) is 2. The molecule has 0 fully saturated rings. The summed E-state index contributed by atoms with van der Waals surface area (Å²) >= 11 is 0. The summed E-state index contributed by atoms with van der Waals surface area (Å²) in [6.45, 7) is 6.72. The van der Waals surface area contributed by atoms with E-state index >= 15 is 0 Å². The summed E-state index contributed by atoms with van der Waals surface area (Å²) < 4.78 is 0. The van der Waals surface area contributed by atoms with E-state index in [0.29, 0.717) is 18.1 Å². The maximum absolute atomic E-state index is 12.2. The minimum Gasteiger partial charge on any atom is -0.352 e. The molecule has 0 radical (unpaired) electrons. The van der Waals surface area contributed by atoms with Gasteiger partial charge in [0.2, 0.25) is 5.95 Å². The minimum atomic E-state index is -0.0499.